The Morgan fingerprint density at radius 1 is 1.15 bits per heavy atom. The summed E-state index contributed by atoms with van der Waals surface area (Å²) >= 11 is 0. The minimum atomic E-state index is 0.605. The van der Waals surface area contributed by atoms with E-state index in [0.29, 0.717) is 18.1 Å². The van der Waals surface area contributed by atoms with Gasteiger partial charge in [-0.2, -0.15) is 0 Å². The van der Waals surface area contributed by atoms with E-state index in [1.165, 1.54) is 18.4 Å². The first-order valence-corrected chi connectivity index (χ1v) is 8.02. The first kappa shape index (κ1) is 13.8. The Morgan fingerprint density at radius 3 is 2.25 bits per heavy atom. The van der Waals surface area contributed by atoms with Crippen LogP contribution in [0.5, 0.6) is 0 Å². The molecule has 1 aromatic heterocycles. The molecule has 1 aromatic rings. The standard InChI is InChI=1S/C16H26N4/c1-4-5-13-8-17-16(18-9-13)20-14-6-7-15(20)11-19(10-14)12(2)3/h8-9,12,14-15H,4-7,10-11H2,1-3H3. The molecule has 0 radical (unpaired) electrons. The number of likely N-dealkylation sites (tertiary alicyclic amines) is 1. The van der Waals surface area contributed by atoms with Gasteiger partial charge in [0.05, 0.1) is 0 Å². The topological polar surface area (TPSA) is 32.3 Å². The summed E-state index contributed by atoms with van der Waals surface area (Å²) in [6, 6.07) is 1.86. The van der Waals surface area contributed by atoms with Crippen LogP contribution in [0.4, 0.5) is 5.95 Å². The van der Waals surface area contributed by atoms with Gasteiger partial charge < -0.3 is 4.90 Å². The van der Waals surface area contributed by atoms with Crippen molar-refractivity contribution >= 4 is 5.95 Å². The maximum atomic E-state index is 4.63. The molecule has 0 spiro atoms. The summed E-state index contributed by atoms with van der Waals surface area (Å²) in [5.74, 6) is 0.945. The highest BCUT2D eigenvalue weighted by atomic mass is 15.4. The number of anilines is 1. The van der Waals surface area contributed by atoms with Gasteiger partial charge in [0.2, 0.25) is 5.95 Å². The Balaban J connectivity index is 1.75. The average molecular weight is 274 g/mol. The molecule has 2 aliphatic rings. The quantitative estimate of drug-likeness (QED) is 0.844. The van der Waals surface area contributed by atoms with E-state index in [-0.39, 0.29) is 0 Å². The lowest BCUT2D eigenvalue weighted by Gasteiger charge is -2.42. The fourth-order valence-electron chi connectivity index (χ4n) is 3.58. The van der Waals surface area contributed by atoms with Crippen LogP contribution in [-0.4, -0.2) is 46.1 Å². The molecule has 20 heavy (non-hydrogen) atoms. The summed E-state index contributed by atoms with van der Waals surface area (Å²) in [6.45, 7) is 9.11. The van der Waals surface area contributed by atoms with Crippen LogP contribution < -0.4 is 4.90 Å². The number of piperazine rings is 1. The smallest absolute Gasteiger partial charge is 0.225 e. The molecule has 0 aromatic carbocycles. The van der Waals surface area contributed by atoms with Crippen LogP contribution in [0.15, 0.2) is 12.4 Å². The zero-order chi connectivity index (χ0) is 14.1. The van der Waals surface area contributed by atoms with Gasteiger partial charge in [-0.15, -0.1) is 0 Å². The molecule has 2 unspecified atom stereocenters. The highest BCUT2D eigenvalue weighted by Crippen LogP contribution is 2.33. The molecule has 0 saturated carbocycles. The monoisotopic (exact) mass is 274 g/mol. The minimum absolute atomic E-state index is 0.605. The van der Waals surface area contributed by atoms with E-state index in [4.69, 9.17) is 0 Å². The zero-order valence-corrected chi connectivity index (χ0v) is 12.9. The van der Waals surface area contributed by atoms with Crippen molar-refractivity contribution in [3.05, 3.63) is 18.0 Å². The van der Waals surface area contributed by atoms with Gasteiger partial charge in [-0.25, -0.2) is 9.97 Å². The maximum absolute atomic E-state index is 4.63. The predicted octanol–water partition coefficient (Wildman–Crippen LogP) is 2.49. The summed E-state index contributed by atoms with van der Waals surface area (Å²) < 4.78 is 0. The first-order valence-electron chi connectivity index (χ1n) is 8.02. The number of rotatable bonds is 4. The number of fused-ring (bicyclic) bond motifs is 2. The summed E-state index contributed by atoms with van der Waals surface area (Å²) in [7, 11) is 0. The van der Waals surface area contributed by atoms with Crippen molar-refractivity contribution in [2.24, 2.45) is 0 Å². The van der Waals surface area contributed by atoms with Gasteiger partial charge in [-0.1, -0.05) is 13.3 Å². The van der Waals surface area contributed by atoms with Crippen molar-refractivity contribution in [1.82, 2.24) is 14.9 Å². The molecule has 0 aliphatic carbocycles. The van der Waals surface area contributed by atoms with E-state index in [1.807, 2.05) is 12.4 Å². The number of nitrogens with zero attached hydrogens (tertiary/aromatic N) is 4. The molecule has 2 bridgehead atoms. The SMILES string of the molecule is CCCc1cnc(N2C3CCC2CN(C(C)C)C3)nc1. The molecular formula is C16H26N4. The lowest BCUT2D eigenvalue weighted by molar-refractivity contribution is 0.176. The Bertz CT molecular complexity index is 428. The van der Waals surface area contributed by atoms with Crippen LogP contribution in [0.2, 0.25) is 0 Å². The van der Waals surface area contributed by atoms with Crippen molar-refractivity contribution in [1.29, 1.82) is 0 Å². The van der Waals surface area contributed by atoms with Gasteiger partial charge in [0.15, 0.2) is 0 Å². The van der Waals surface area contributed by atoms with E-state index in [2.05, 4.69) is 40.5 Å². The Hall–Kier alpha value is -1.16. The Labute approximate surface area is 122 Å². The van der Waals surface area contributed by atoms with Crippen molar-refractivity contribution in [2.45, 2.75) is 64.6 Å². The van der Waals surface area contributed by atoms with Gasteiger partial charge in [-0.3, -0.25) is 4.90 Å². The highest BCUT2D eigenvalue weighted by molar-refractivity contribution is 5.37. The van der Waals surface area contributed by atoms with Gasteiger partial charge in [0.25, 0.3) is 0 Å². The van der Waals surface area contributed by atoms with E-state index >= 15 is 0 Å². The average Bonchev–Trinajstić information content (AvgIpc) is 2.70. The second-order valence-corrected chi connectivity index (χ2v) is 6.48. The largest absolute Gasteiger partial charge is 0.332 e. The van der Waals surface area contributed by atoms with E-state index in [0.717, 1.165) is 31.9 Å². The van der Waals surface area contributed by atoms with E-state index in [9.17, 15) is 0 Å². The molecule has 2 aliphatic heterocycles. The third kappa shape index (κ3) is 2.53. The molecule has 0 N–H and O–H groups in total. The number of aromatic nitrogens is 2. The molecule has 2 saturated heterocycles. The number of hydrogen-bond donors (Lipinski definition) is 0. The van der Waals surface area contributed by atoms with Gasteiger partial charge in [0, 0.05) is 43.6 Å². The molecule has 2 fully saturated rings. The van der Waals surface area contributed by atoms with E-state index in [1.54, 1.807) is 0 Å². The summed E-state index contributed by atoms with van der Waals surface area (Å²) in [5.41, 5.74) is 1.25. The van der Waals surface area contributed by atoms with Gasteiger partial charge in [-0.05, 0) is 38.7 Å². The van der Waals surface area contributed by atoms with Gasteiger partial charge in [0.1, 0.15) is 0 Å². The van der Waals surface area contributed by atoms with Crippen LogP contribution in [0.25, 0.3) is 0 Å². The molecule has 4 heteroatoms. The number of hydrogen-bond acceptors (Lipinski definition) is 4. The molecule has 2 atom stereocenters. The first-order chi connectivity index (χ1) is 9.69. The maximum Gasteiger partial charge on any atom is 0.225 e. The fourth-order valence-corrected chi connectivity index (χ4v) is 3.58. The van der Waals surface area contributed by atoms with E-state index < -0.39 is 0 Å². The van der Waals surface area contributed by atoms with Crippen LogP contribution in [-0.2, 0) is 6.42 Å². The summed E-state index contributed by atoms with van der Waals surface area (Å²) in [6.07, 6.45) is 8.83. The Kier molecular flexibility index (Phi) is 3.92. The molecule has 3 rings (SSSR count). The zero-order valence-electron chi connectivity index (χ0n) is 12.9. The minimum Gasteiger partial charge on any atom is -0.332 e. The lowest BCUT2D eigenvalue weighted by Crippen LogP contribution is -2.56. The molecule has 4 nitrogen and oxygen atoms in total. The molecule has 110 valence electrons. The van der Waals surface area contributed by atoms with Crippen molar-refractivity contribution in [3.8, 4) is 0 Å². The van der Waals surface area contributed by atoms with Crippen LogP contribution in [0, 0.1) is 0 Å². The lowest BCUT2D eigenvalue weighted by atomic mass is 10.1. The van der Waals surface area contributed by atoms with Crippen LogP contribution in [0.3, 0.4) is 0 Å². The third-order valence-corrected chi connectivity index (χ3v) is 4.70. The summed E-state index contributed by atoms with van der Waals surface area (Å²) in [4.78, 5) is 14.3. The van der Waals surface area contributed by atoms with Crippen molar-refractivity contribution in [3.63, 3.8) is 0 Å². The fraction of sp³-hybridized carbons (Fsp3) is 0.750. The van der Waals surface area contributed by atoms with Crippen LogP contribution in [0.1, 0.15) is 45.6 Å². The van der Waals surface area contributed by atoms with Crippen molar-refractivity contribution in [2.75, 3.05) is 18.0 Å². The second-order valence-electron chi connectivity index (χ2n) is 6.48. The number of aryl methyl sites for hydroxylation is 1. The predicted molar refractivity (Wildman–Crippen MR) is 82.0 cm³/mol. The Morgan fingerprint density at radius 2 is 1.75 bits per heavy atom. The van der Waals surface area contributed by atoms with Gasteiger partial charge >= 0.3 is 0 Å². The van der Waals surface area contributed by atoms with Crippen molar-refractivity contribution < 1.29 is 0 Å². The molecule has 3 heterocycles. The molecular weight excluding hydrogens is 248 g/mol. The molecule has 0 amide bonds. The summed E-state index contributed by atoms with van der Waals surface area (Å²) in [5, 5.41) is 0. The third-order valence-electron chi connectivity index (χ3n) is 4.70. The van der Waals surface area contributed by atoms with Crippen LogP contribution >= 0.6 is 0 Å². The normalized spacial score (nSPS) is 26.5. The second kappa shape index (κ2) is 5.68. The highest BCUT2D eigenvalue weighted by Gasteiger charge is 2.41.